The number of benzene rings is 2. The van der Waals surface area contributed by atoms with E-state index in [2.05, 4.69) is 4.76 Å². The largest absolute Gasteiger partial charge is 0.453 e. The SMILES string of the molecule is CCOP(=O)(/N=C/c1ccc2ccccc2c1)OCC. The van der Waals surface area contributed by atoms with E-state index >= 15 is 0 Å². The van der Waals surface area contributed by atoms with Gasteiger partial charge in [0.05, 0.1) is 13.2 Å². The third-order valence-electron chi connectivity index (χ3n) is 2.71. The molecule has 4 nitrogen and oxygen atoms in total. The molecule has 20 heavy (non-hydrogen) atoms. The van der Waals surface area contributed by atoms with E-state index in [4.69, 9.17) is 9.05 Å². The van der Waals surface area contributed by atoms with Crippen LogP contribution < -0.4 is 0 Å². The summed E-state index contributed by atoms with van der Waals surface area (Å²) in [7, 11) is -3.38. The average Bonchev–Trinajstić information content (AvgIpc) is 2.46. The lowest BCUT2D eigenvalue weighted by molar-refractivity contribution is 0.221. The highest BCUT2D eigenvalue weighted by molar-refractivity contribution is 7.52. The Bertz CT molecular complexity index is 644. The van der Waals surface area contributed by atoms with Gasteiger partial charge in [-0.05, 0) is 36.2 Å². The number of fused-ring (bicyclic) bond motifs is 1. The van der Waals surface area contributed by atoms with Crippen LogP contribution in [0.2, 0.25) is 0 Å². The van der Waals surface area contributed by atoms with Gasteiger partial charge in [-0.3, -0.25) is 9.05 Å². The second kappa shape index (κ2) is 6.80. The van der Waals surface area contributed by atoms with Gasteiger partial charge < -0.3 is 0 Å². The van der Waals surface area contributed by atoms with Crippen molar-refractivity contribution in [3.63, 3.8) is 0 Å². The number of hydrogen-bond acceptors (Lipinski definition) is 3. The molecule has 0 heterocycles. The summed E-state index contributed by atoms with van der Waals surface area (Å²) in [6.07, 6.45) is 1.54. The summed E-state index contributed by atoms with van der Waals surface area (Å²) in [5, 5.41) is 2.27. The first-order valence-corrected chi connectivity index (χ1v) is 8.10. The molecular formula is C15H18NO3P. The molecule has 2 aromatic carbocycles. The lowest BCUT2D eigenvalue weighted by Crippen LogP contribution is -1.94. The van der Waals surface area contributed by atoms with Crippen molar-refractivity contribution < 1.29 is 13.6 Å². The van der Waals surface area contributed by atoms with Crippen molar-refractivity contribution in [1.82, 2.24) is 0 Å². The van der Waals surface area contributed by atoms with Crippen LogP contribution in [-0.4, -0.2) is 19.4 Å². The summed E-state index contributed by atoms with van der Waals surface area (Å²) in [5.74, 6) is 0. The highest BCUT2D eigenvalue weighted by atomic mass is 31.2. The van der Waals surface area contributed by atoms with Crippen molar-refractivity contribution in [2.24, 2.45) is 4.76 Å². The Kier molecular flexibility index (Phi) is 5.07. The average molecular weight is 291 g/mol. The van der Waals surface area contributed by atoms with Crippen molar-refractivity contribution in [2.45, 2.75) is 13.8 Å². The van der Waals surface area contributed by atoms with Gasteiger partial charge in [0, 0.05) is 6.21 Å². The fraction of sp³-hybridized carbons (Fsp3) is 0.267. The first kappa shape index (κ1) is 14.9. The van der Waals surface area contributed by atoms with Gasteiger partial charge in [-0.2, -0.15) is 4.76 Å². The molecule has 0 saturated carbocycles. The zero-order valence-corrected chi connectivity index (χ0v) is 12.5. The Morgan fingerprint density at radius 1 is 1.05 bits per heavy atom. The summed E-state index contributed by atoms with van der Waals surface area (Å²) < 4.78 is 26.4. The van der Waals surface area contributed by atoms with E-state index in [1.54, 1.807) is 20.1 Å². The fourth-order valence-electron chi connectivity index (χ4n) is 1.86. The molecule has 0 aliphatic carbocycles. The zero-order valence-electron chi connectivity index (χ0n) is 11.7. The molecule has 0 aliphatic rings. The molecule has 0 radical (unpaired) electrons. The van der Waals surface area contributed by atoms with Crippen molar-refractivity contribution in [3.8, 4) is 0 Å². The second-order valence-electron chi connectivity index (χ2n) is 4.16. The molecule has 2 aromatic rings. The van der Waals surface area contributed by atoms with E-state index in [1.165, 1.54) is 0 Å². The molecule has 0 spiro atoms. The minimum atomic E-state index is -3.38. The normalized spacial score (nSPS) is 12.3. The van der Waals surface area contributed by atoms with Crippen molar-refractivity contribution >= 4 is 24.7 Å². The van der Waals surface area contributed by atoms with Crippen LogP contribution in [0.15, 0.2) is 47.2 Å². The molecule has 0 amide bonds. The van der Waals surface area contributed by atoms with E-state index < -0.39 is 7.75 Å². The van der Waals surface area contributed by atoms with E-state index in [0.717, 1.165) is 16.3 Å². The monoisotopic (exact) mass is 291 g/mol. The molecule has 5 heteroatoms. The molecule has 106 valence electrons. The van der Waals surface area contributed by atoms with Gasteiger partial charge in [-0.1, -0.05) is 36.4 Å². The molecule has 2 rings (SSSR count). The molecular weight excluding hydrogens is 273 g/mol. The zero-order chi connectivity index (χ0) is 14.4. The standard InChI is InChI=1S/C15H18NO3P/c1-3-18-20(17,19-4-2)16-12-13-9-10-14-7-5-6-8-15(14)11-13/h5-12H,3-4H2,1-2H3/b16-12+. The van der Waals surface area contributed by atoms with Gasteiger partial charge in [0.2, 0.25) is 0 Å². The number of hydrogen-bond donors (Lipinski definition) is 0. The summed E-state index contributed by atoms with van der Waals surface area (Å²) >= 11 is 0. The van der Waals surface area contributed by atoms with Crippen molar-refractivity contribution in [1.29, 1.82) is 0 Å². The van der Waals surface area contributed by atoms with Crippen LogP contribution in [0.3, 0.4) is 0 Å². The maximum Gasteiger partial charge on any atom is 0.453 e. The minimum Gasteiger partial charge on any atom is -0.291 e. The van der Waals surface area contributed by atoms with Gasteiger partial charge in [0.25, 0.3) is 0 Å². The Morgan fingerprint density at radius 3 is 2.35 bits per heavy atom. The summed E-state index contributed by atoms with van der Waals surface area (Å²) in [5.41, 5.74) is 0.864. The van der Waals surface area contributed by atoms with Crippen molar-refractivity contribution in [3.05, 3.63) is 48.0 Å². The Morgan fingerprint density at radius 2 is 1.70 bits per heavy atom. The van der Waals surface area contributed by atoms with E-state index in [0.29, 0.717) is 13.2 Å². The first-order chi connectivity index (χ1) is 9.67. The Labute approximate surface area is 119 Å². The quantitative estimate of drug-likeness (QED) is 0.584. The van der Waals surface area contributed by atoms with Crippen molar-refractivity contribution in [2.75, 3.05) is 13.2 Å². The van der Waals surface area contributed by atoms with Gasteiger partial charge in [-0.25, -0.2) is 4.57 Å². The Hall–Kier alpha value is -1.48. The maximum absolute atomic E-state index is 12.2. The second-order valence-corrected chi connectivity index (χ2v) is 5.84. The van der Waals surface area contributed by atoms with E-state index in [1.807, 2.05) is 42.5 Å². The van der Waals surface area contributed by atoms with Crippen LogP contribution in [0.4, 0.5) is 0 Å². The first-order valence-electron chi connectivity index (χ1n) is 6.60. The van der Waals surface area contributed by atoms with Gasteiger partial charge in [0.1, 0.15) is 0 Å². The number of nitrogens with zero attached hydrogens (tertiary/aromatic N) is 1. The highest BCUT2D eigenvalue weighted by Crippen LogP contribution is 2.49. The van der Waals surface area contributed by atoms with Crippen LogP contribution in [0.5, 0.6) is 0 Å². The molecule has 0 saturated heterocycles. The van der Waals surface area contributed by atoms with Gasteiger partial charge in [-0.15, -0.1) is 0 Å². The fourth-order valence-corrected chi connectivity index (χ4v) is 2.99. The topological polar surface area (TPSA) is 47.9 Å². The Balaban J connectivity index is 2.25. The lowest BCUT2D eigenvalue weighted by Gasteiger charge is -2.11. The molecule has 0 atom stereocenters. The molecule has 0 unspecified atom stereocenters. The van der Waals surface area contributed by atoms with Crippen LogP contribution in [-0.2, 0) is 13.6 Å². The molecule has 0 aliphatic heterocycles. The predicted molar refractivity (Wildman–Crippen MR) is 82.4 cm³/mol. The maximum atomic E-state index is 12.2. The molecule has 0 bridgehead atoms. The highest BCUT2D eigenvalue weighted by Gasteiger charge is 2.21. The smallest absolute Gasteiger partial charge is 0.291 e. The van der Waals surface area contributed by atoms with Crippen LogP contribution in [0.25, 0.3) is 10.8 Å². The van der Waals surface area contributed by atoms with Gasteiger partial charge >= 0.3 is 7.75 Å². The van der Waals surface area contributed by atoms with E-state index in [9.17, 15) is 4.57 Å². The summed E-state index contributed by atoms with van der Waals surface area (Å²) in [6.45, 7) is 4.12. The summed E-state index contributed by atoms with van der Waals surface area (Å²) in [6, 6.07) is 14.0. The van der Waals surface area contributed by atoms with Crippen LogP contribution in [0.1, 0.15) is 19.4 Å². The minimum absolute atomic E-state index is 0.298. The van der Waals surface area contributed by atoms with Gasteiger partial charge in [0.15, 0.2) is 0 Å². The third-order valence-corrected chi connectivity index (χ3v) is 4.27. The third kappa shape index (κ3) is 3.76. The lowest BCUT2D eigenvalue weighted by atomic mass is 10.1. The van der Waals surface area contributed by atoms with Crippen LogP contribution in [0, 0.1) is 0 Å². The molecule has 0 fully saturated rings. The van der Waals surface area contributed by atoms with Crippen LogP contribution >= 0.6 is 7.75 Å². The molecule has 0 N–H and O–H groups in total. The van der Waals surface area contributed by atoms with E-state index in [-0.39, 0.29) is 0 Å². The number of rotatable bonds is 6. The predicted octanol–water partition coefficient (Wildman–Crippen LogP) is 4.44. The molecule has 0 aromatic heterocycles. The summed E-state index contributed by atoms with van der Waals surface area (Å²) in [4.78, 5) is 0.